The van der Waals surface area contributed by atoms with Gasteiger partial charge < -0.3 is 0 Å². The first-order valence-corrected chi connectivity index (χ1v) is 3.55. The van der Waals surface area contributed by atoms with Crippen LogP contribution < -0.4 is 0 Å². The molecule has 0 aromatic carbocycles. The average Bonchev–Trinajstić information content (AvgIpc) is 1.85. The fraction of sp³-hybridized carbons (Fsp3) is 0.500. The van der Waals surface area contributed by atoms with Crippen LogP contribution in [0.25, 0.3) is 0 Å². The van der Waals surface area contributed by atoms with Crippen molar-refractivity contribution in [3.8, 4) is 0 Å². The number of nitro groups is 1. The molecule has 11 heavy (non-hydrogen) atoms. The summed E-state index contributed by atoms with van der Waals surface area (Å²) < 4.78 is 0. The fourth-order valence-electron chi connectivity index (χ4n) is 1.10. The summed E-state index contributed by atoms with van der Waals surface area (Å²) in [5, 5.41) is 10.3. The largest absolute Gasteiger partial charge is 0.265 e. The molecule has 0 atom stereocenters. The smallest absolute Gasteiger partial charge is 0.258 e. The van der Waals surface area contributed by atoms with Gasteiger partial charge in [-0.15, -0.1) is 0 Å². The number of allylic oxidation sites excluding steroid dienone is 3. The van der Waals surface area contributed by atoms with Crippen molar-refractivity contribution in [2.75, 3.05) is 0 Å². The Balaban J connectivity index is 2.89. The van der Waals surface area contributed by atoms with E-state index in [1.54, 1.807) is 12.2 Å². The molecular weight excluding hydrogens is 142 g/mol. The Bertz CT molecular complexity index is 238. The van der Waals surface area contributed by atoms with E-state index < -0.39 is 0 Å². The van der Waals surface area contributed by atoms with E-state index in [9.17, 15) is 10.1 Å². The van der Waals surface area contributed by atoms with Gasteiger partial charge in [-0.3, -0.25) is 10.1 Å². The summed E-state index contributed by atoms with van der Waals surface area (Å²) in [6, 6.07) is 0. The van der Waals surface area contributed by atoms with E-state index in [4.69, 9.17) is 0 Å². The van der Waals surface area contributed by atoms with Gasteiger partial charge in [-0.25, -0.2) is 0 Å². The first-order valence-electron chi connectivity index (χ1n) is 3.55. The Morgan fingerprint density at radius 3 is 2.64 bits per heavy atom. The highest BCUT2D eigenvalue weighted by atomic mass is 16.6. The zero-order valence-corrected chi connectivity index (χ0v) is 6.70. The van der Waals surface area contributed by atoms with Crippen LogP contribution in [0.15, 0.2) is 23.9 Å². The third-order valence-electron chi connectivity index (χ3n) is 1.68. The Morgan fingerprint density at radius 1 is 1.64 bits per heavy atom. The van der Waals surface area contributed by atoms with Crippen LogP contribution in [0.5, 0.6) is 0 Å². The fourth-order valence-corrected chi connectivity index (χ4v) is 1.10. The lowest BCUT2D eigenvalue weighted by Crippen LogP contribution is -2.12. The van der Waals surface area contributed by atoms with Gasteiger partial charge in [-0.05, 0) is 17.9 Å². The average molecular weight is 153 g/mol. The topological polar surface area (TPSA) is 43.1 Å². The zero-order valence-electron chi connectivity index (χ0n) is 6.70. The number of nitrogens with zero attached hydrogens (tertiary/aromatic N) is 1. The first kappa shape index (κ1) is 7.98. The van der Waals surface area contributed by atoms with Gasteiger partial charge in [0.1, 0.15) is 0 Å². The summed E-state index contributed by atoms with van der Waals surface area (Å²) in [7, 11) is 0. The Labute approximate surface area is 65.6 Å². The first-order chi connectivity index (χ1) is 5.01. The van der Waals surface area contributed by atoms with Gasteiger partial charge in [0.2, 0.25) is 0 Å². The molecule has 0 unspecified atom stereocenters. The molecule has 0 aromatic rings. The number of hydrogen-bond donors (Lipinski definition) is 0. The van der Waals surface area contributed by atoms with Crippen molar-refractivity contribution in [2.45, 2.75) is 20.3 Å². The second kappa shape index (κ2) is 2.49. The van der Waals surface area contributed by atoms with Gasteiger partial charge in [0.25, 0.3) is 5.70 Å². The SMILES string of the molecule is CC1(C)C=C([N+](=O)[O-])C=CC1. The molecule has 0 aromatic heterocycles. The summed E-state index contributed by atoms with van der Waals surface area (Å²) in [6.07, 6.45) is 5.99. The van der Waals surface area contributed by atoms with Crippen LogP contribution in [0, 0.1) is 15.5 Å². The molecule has 0 heterocycles. The predicted octanol–water partition coefficient (Wildman–Crippen LogP) is 2.13. The molecule has 0 fully saturated rings. The summed E-state index contributed by atoms with van der Waals surface area (Å²) in [4.78, 5) is 9.98. The molecule has 0 amide bonds. The van der Waals surface area contributed by atoms with Crippen LogP contribution in [0.3, 0.4) is 0 Å². The van der Waals surface area contributed by atoms with Crippen molar-refractivity contribution in [1.82, 2.24) is 0 Å². The van der Waals surface area contributed by atoms with Crippen molar-refractivity contribution in [3.05, 3.63) is 34.0 Å². The lowest BCUT2D eigenvalue weighted by Gasteiger charge is -2.19. The van der Waals surface area contributed by atoms with Crippen LogP contribution in [-0.2, 0) is 0 Å². The van der Waals surface area contributed by atoms with Crippen LogP contribution in [0.2, 0.25) is 0 Å². The van der Waals surface area contributed by atoms with Crippen LogP contribution in [-0.4, -0.2) is 4.92 Å². The molecule has 1 aliphatic carbocycles. The van der Waals surface area contributed by atoms with E-state index in [1.165, 1.54) is 0 Å². The van der Waals surface area contributed by atoms with Crippen LogP contribution >= 0.6 is 0 Å². The molecule has 0 spiro atoms. The second-order valence-electron chi connectivity index (χ2n) is 3.42. The van der Waals surface area contributed by atoms with E-state index in [2.05, 4.69) is 0 Å². The van der Waals surface area contributed by atoms with E-state index >= 15 is 0 Å². The number of hydrogen-bond acceptors (Lipinski definition) is 2. The van der Waals surface area contributed by atoms with Crippen molar-refractivity contribution >= 4 is 0 Å². The molecule has 1 rings (SSSR count). The van der Waals surface area contributed by atoms with Gasteiger partial charge in [0.15, 0.2) is 0 Å². The van der Waals surface area contributed by atoms with E-state index in [1.807, 2.05) is 19.9 Å². The maximum atomic E-state index is 10.3. The maximum absolute atomic E-state index is 10.3. The standard InChI is InChI=1S/C8H11NO2/c1-8(2)5-3-4-7(6-8)9(10)11/h3-4,6H,5H2,1-2H3. The van der Waals surface area contributed by atoms with Crippen molar-refractivity contribution < 1.29 is 4.92 Å². The molecular formula is C8H11NO2. The van der Waals surface area contributed by atoms with E-state index in [0.717, 1.165) is 6.42 Å². The minimum atomic E-state index is -0.350. The third-order valence-corrected chi connectivity index (χ3v) is 1.68. The summed E-state index contributed by atoms with van der Waals surface area (Å²) in [5.74, 6) is 0. The lowest BCUT2D eigenvalue weighted by atomic mass is 9.85. The molecule has 0 N–H and O–H groups in total. The monoisotopic (exact) mass is 153 g/mol. The molecule has 0 radical (unpaired) electrons. The van der Waals surface area contributed by atoms with Crippen LogP contribution in [0.4, 0.5) is 0 Å². The van der Waals surface area contributed by atoms with Gasteiger partial charge in [-0.2, -0.15) is 0 Å². The number of rotatable bonds is 1. The summed E-state index contributed by atoms with van der Waals surface area (Å²) in [5.41, 5.74) is 0.151. The molecule has 1 aliphatic rings. The molecule has 0 bridgehead atoms. The highest BCUT2D eigenvalue weighted by Crippen LogP contribution is 2.28. The maximum Gasteiger partial charge on any atom is 0.265 e. The minimum Gasteiger partial charge on any atom is -0.258 e. The predicted molar refractivity (Wildman–Crippen MR) is 42.6 cm³/mol. The normalized spacial score (nSPS) is 21.1. The molecule has 3 nitrogen and oxygen atoms in total. The Morgan fingerprint density at radius 2 is 2.27 bits per heavy atom. The van der Waals surface area contributed by atoms with E-state index in [0.29, 0.717) is 0 Å². The van der Waals surface area contributed by atoms with Gasteiger partial charge in [0, 0.05) is 6.08 Å². The lowest BCUT2D eigenvalue weighted by molar-refractivity contribution is -0.420. The quantitative estimate of drug-likeness (QED) is 0.428. The van der Waals surface area contributed by atoms with Crippen molar-refractivity contribution in [1.29, 1.82) is 0 Å². The highest BCUT2D eigenvalue weighted by Gasteiger charge is 2.21. The van der Waals surface area contributed by atoms with Crippen molar-refractivity contribution in [3.63, 3.8) is 0 Å². The van der Waals surface area contributed by atoms with Gasteiger partial charge in [-0.1, -0.05) is 19.9 Å². The molecule has 3 heteroatoms. The zero-order chi connectivity index (χ0) is 8.48. The van der Waals surface area contributed by atoms with Crippen molar-refractivity contribution in [2.24, 2.45) is 5.41 Å². The Hall–Kier alpha value is -1.12. The molecule has 0 saturated heterocycles. The third kappa shape index (κ3) is 1.90. The molecule has 0 aliphatic heterocycles. The molecule has 60 valence electrons. The van der Waals surface area contributed by atoms with Gasteiger partial charge in [0.05, 0.1) is 4.92 Å². The molecule has 0 saturated carbocycles. The summed E-state index contributed by atoms with van der Waals surface area (Å²) >= 11 is 0. The highest BCUT2D eigenvalue weighted by molar-refractivity contribution is 5.20. The second-order valence-corrected chi connectivity index (χ2v) is 3.42. The minimum absolute atomic E-state index is 0.0584. The Kier molecular flexibility index (Phi) is 1.81. The van der Waals surface area contributed by atoms with Crippen LogP contribution in [0.1, 0.15) is 20.3 Å². The van der Waals surface area contributed by atoms with E-state index in [-0.39, 0.29) is 16.0 Å². The van der Waals surface area contributed by atoms with Gasteiger partial charge >= 0.3 is 0 Å². The summed E-state index contributed by atoms with van der Waals surface area (Å²) in [6.45, 7) is 3.97.